The summed E-state index contributed by atoms with van der Waals surface area (Å²) in [5, 5.41) is 24.6. The van der Waals surface area contributed by atoms with Crippen molar-refractivity contribution in [3.05, 3.63) is 34.7 Å². The van der Waals surface area contributed by atoms with Crippen LogP contribution in [0.5, 0.6) is 0 Å². The fraction of sp³-hybridized carbons (Fsp3) is 0.652. The summed E-state index contributed by atoms with van der Waals surface area (Å²) < 4.78 is 47.7. The summed E-state index contributed by atoms with van der Waals surface area (Å²) >= 11 is 0. The number of halogens is 3. The second-order valence-corrected chi connectivity index (χ2v) is 9.44. The second-order valence-electron chi connectivity index (χ2n) is 9.44. The number of rotatable bonds is 8. The summed E-state index contributed by atoms with van der Waals surface area (Å²) in [7, 11) is 0. The molecule has 4 rings (SSSR count). The van der Waals surface area contributed by atoms with Crippen molar-refractivity contribution >= 4 is 11.7 Å². The molecular weight excluding hydrogens is 465 g/mol. The first-order valence-corrected chi connectivity index (χ1v) is 11.8. The molecule has 2 aliphatic heterocycles. The third-order valence-electron chi connectivity index (χ3n) is 6.56. The Morgan fingerprint density at radius 3 is 2.74 bits per heavy atom. The Morgan fingerprint density at radius 2 is 2.06 bits per heavy atom. The molecule has 1 aromatic carbocycles. The lowest BCUT2D eigenvalue weighted by atomic mass is 10.0. The maximum Gasteiger partial charge on any atom is 0.411 e. The van der Waals surface area contributed by atoms with Crippen LogP contribution < -0.4 is 10.6 Å². The Hall–Kier alpha value is -2.25. The maximum atomic E-state index is 12.4. The van der Waals surface area contributed by atoms with Crippen LogP contribution in [0.4, 0.5) is 24.9 Å². The Bertz CT molecular complexity index is 1000. The molecule has 0 saturated carbocycles. The van der Waals surface area contributed by atoms with Gasteiger partial charge in [0.15, 0.2) is 0 Å². The lowest BCUT2D eigenvalue weighted by Gasteiger charge is -2.39. The van der Waals surface area contributed by atoms with Crippen LogP contribution in [-0.4, -0.2) is 82.9 Å². The number of ether oxygens (including phenoxy) is 1. The van der Waals surface area contributed by atoms with Crippen molar-refractivity contribution in [3.63, 3.8) is 0 Å². The first-order chi connectivity index (χ1) is 16.6. The van der Waals surface area contributed by atoms with Gasteiger partial charge in [0.05, 0.1) is 12.8 Å². The molecule has 3 atom stereocenters. The lowest BCUT2D eigenvalue weighted by Crippen LogP contribution is -2.52. The minimum atomic E-state index is -4.31. The topological polar surface area (TPSA) is 98.9 Å². The molecule has 3 N–H and O–H groups in total. The van der Waals surface area contributed by atoms with Gasteiger partial charge in [-0.3, -0.25) is 9.80 Å². The van der Waals surface area contributed by atoms with Gasteiger partial charge in [0, 0.05) is 37.9 Å². The average Bonchev–Trinajstić information content (AvgIpc) is 3.40. The zero-order valence-corrected chi connectivity index (χ0v) is 20.2. The number of anilines is 2. The van der Waals surface area contributed by atoms with E-state index in [1.165, 1.54) is 0 Å². The van der Waals surface area contributed by atoms with Gasteiger partial charge in [0.1, 0.15) is 12.6 Å². The van der Waals surface area contributed by atoms with Gasteiger partial charge in [0.25, 0.3) is 0 Å². The molecule has 2 fully saturated rings. The number of hydrogen-bond donors (Lipinski definition) is 3. The molecule has 0 unspecified atom stereocenters. The normalized spacial score (nSPS) is 24.3. The van der Waals surface area contributed by atoms with E-state index < -0.39 is 18.9 Å². The van der Waals surface area contributed by atoms with Crippen molar-refractivity contribution in [3.8, 4) is 0 Å². The first kappa shape index (κ1) is 25.8. The summed E-state index contributed by atoms with van der Waals surface area (Å²) in [4.78, 5) is 4.23. The molecule has 0 bridgehead atoms. The largest absolute Gasteiger partial charge is 0.411 e. The van der Waals surface area contributed by atoms with Crippen LogP contribution in [0.15, 0.2) is 16.5 Å². The van der Waals surface area contributed by atoms with Gasteiger partial charge in [-0.25, -0.2) is 0 Å². The first-order valence-electron chi connectivity index (χ1n) is 11.8. The monoisotopic (exact) mass is 498 g/mol. The van der Waals surface area contributed by atoms with Crippen molar-refractivity contribution in [2.45, 2.75) is 58.1 Å². The van der Waals surface area contributed by atoms with E-state index in [9.17, 15) is 18.3 Å². The Labute approximate surface area is 202 Å². The summed E-state index contributed by atoms with van der Waals surface area (Å²) in [6, 6.07) is 4.15. The van der Waals surface area contributed by atoms with Gasteiger partial charge >= 0.3 is 12.2 Å². The highest BCUT2D eigenvalue weighted by Gasteiger charge is 2.31. The number of aryl methyl sites for hydroxylation is 1. The van der Waals surface area contributed by atoms with E-state index >= 15 is 0 Å². The third-order valence-corrected chi connectivity index (χ3v) is 6.56. The van der Waals surface area contributed by atoms with E-state index in [0.717, 1.165) is 42.0 Å². The predicted molar refractivity (Wildman–Crippen MR) is 123 cm³/mol. The molecule has 3 heterocycles. The fourth-order valence-electron chi connectivity index (χ4n) is 4.62. The number of aromatic nitrogens is 2. The molecule has 35 heavy (non-hydrogen) atoms. The molecule has 12 heteroatoms. The second kappa shape index (κ2) is 10.8. The number of aliphatic hydroxyl groups is 1. The smallest absolute Gasteiger partial charge is 0.406 e. The molecule has 0 spiro atoms. The molecule has 2 saturated heterocycles. The van der Waals surface area contributed by atoms with Crippen LogP contribution in [0, 0.1) is 13.8 Å². The Balaban J connectivity index is 1.37. The lowest BCUT2D eigenvalue weighted by molar-refractivity contribution is -0.186. The standard InChI is InChI=1S/C23H33F3N6O3/c1-14-8-17(11-31-6-7-32(15(2)10-31)13-34-12-23(24,25)26)16(3)18(9-14)28-22-30-29-21(35-22)20-19(33)4-5-27-20/h8-9,15,19-20,27,33H,4-7,10-13H2,1-3H3,(H,28,30)/t15-,19+,20-/m0/s1. The quantitative estimate of drug-likeness (QED) is 0.507. The molecule has 194 valence electrons. The number of piperazine rings is 1. The maximum absolute atomic E-state index is 12.4. The minimum Gasteiger partial charge on any atom is -0.406 e. The van der Waals surface area contributed by atoms with Crippen molar-refractivity contribution in [2.75, 3.05) is 44.8 Å². The van der Waals surface area contributed by atoms with Crippen LogP contribution in [0.25, 0.3) is 0 Å². The zero-order valence-electron chi connectivity index (χ0n) is 20.2. The van der Waals surface area contributed by atoms with Crippen LogP contribution in [0.2, 0.25) is 0 Å². The number of benzene rings is 1. The average molecular weight is 499 g/mol. The number of hydrogen-bond acceptors (Lipinski definition) is 9. The molecule has 0 aliphatic carbocycles. The van der Waals surface area contributed by atoms with Crippen molar-refractivity contribution < 1.29 is 27.4 Å². The van der Waals surface area contributed by atoms with Crippen molar-refractivity contribution in [2.24, 2.45) is 0 Å². The van der Waals surface area contributed by atoms with Crippen LogP contribution >= 0.6 is 0 Å². The van der Waals surface area contributed by atoms with E-state index in [1.54, 1.807) is 0 Å². The fourth-order valence-corrected chi connectivity index (χ4v) is 4.62. The summed E-state index contributed by atoms with van der Waals surface area (Å²) in [6.45, 7) is 8.33. The van der Waals surface area contributed by atoms with Crippen molar-refractivity contribution in [1.29, 1.82) is 0 Å². The van der Waals surface area contributed by atoms with Crippen LogP contribution in [0.1, 0.15) is 42.0 Å². The molecule has 0 radical (unpaired) electrons. The zero-order chi connectivity index (χ0) is 25.2. The summed E-state index contributed by atoms with van der Waals surface area (Å²) in [5.74, 6) is 0.356. The van der Waals surface area contributed by atoms with E-state index in [2.05, 4.69) is 31.8 Å². The molecule has 1 aromatic heterocycles. The van der Waals surface area contributed by atoms with Gasteiger partial charge in [0.2, 0.25) is 5.89 Å². The molecule has 0 amide bonds. The SMILES string of the molecule is Cc1cc(CN2CCN(COCC(F)(F)F)[C@@H](C)C2)c(C)c(Nc2nnc([C@H]3NCC[C@H]3O)o2)c1. The third kappa shape index (κ3) is 6.70. The van der Waals surface area contributed by atoms with E-state index in [-0.39, 0.29) is 24.8 Å². The van der Waals surface area contributed by atoms with E-state index in [4.69, 9.17) is 9.15 Å². The highest BCUT2D eigenvalue weighted by atomic mass is 19.4. The highest BCUT2D eigenvalue weighted by molar-refractivity contribution is 5.61. The summed E-state index contributed by atoms with van der Waals surface area (Å²) in [6.07, 6.45) is -4.21. The van der Waals surface area contributed by atoms with Crippen LogP contribution in [-0.2, 0) is 11.3 Å². The van der Waals surface area contributed by atoms with Gasteiger partial charge in [-0.15, -0.1) is 5.10 Å². The highest BCUT2D eigenvalue weighted by Crippen LogP contribution is 2.29. The van der Waals surface area contributed by atoms with Crippen LogP contribution in [0.3, 0.4) is 0 Å². The number of alkyl halides is 3. The number of nitrogens with one attached hydrogen (secondary N) is 2. The molecule has 2 aliphatic rings. The molecule has 2 aromatic rings. The Kier molecular flexibility index (Phi) is 7.96. The number of nitrogens with zero attached hydrogens (tertiary/aromatic N) is 4. The molecule has 9 nitrogen and oxygen atoms in total. The van der Waals surface area contributed by atoms with E-state index in [0.29, 0.717) is 25.4 Å². The summed E-state index contributed by atoms with van der Waals surface area (Å²) in [5.41, 5.74) is 4.14. The van der Waals surface area contributed by atoms with Gasteiger partial charge in [-0.05, 0) is 56.5 Å². The van der Waals surface area contributed by atoms with Crippen molar-refractivity contribution in [1.82, 2.24) is 25.3 Å². The van der Waals surface area contributed by atoms with Gasteiger partial charge in [-0.1, -0.05) is 11.2 Å². The molecular formula is C23H33F3N6O3. The minimum absolute atomic E-state index is 0.0222. The number of aliphatic hydroxyl groups excluding tert-OH is 1. The van der Waals surface area contributed by atoms with E-state index in [1.807, 2.05) is 31.7 Å². The van der Waals surface area contributed by atoms with Gasteiger partial charge < -0.3 is 24.9 Å². The van der Waals surface area contributed by atoms with Gasteiger partial charge in [-0.2, -0.15) is 13.2 Å². The Morgan fingerprint density at radius 1 is 1.26 bits per heavy atom. The predicted octanol–water partition coefficient (Wildman–Crippen LogP) is 2.87.